The van der Waals surface area contributed by atoms with Crippen LogP contribution in [0.1, 0.15) is 50.8 Å². The monoisotopic (exact) mass is 521 g/mol. The molecule has 0 saturated heterocycles. The third-order valence-corrected chi connectivity index (χ3v) is 6.75. The van der Waals surface area contributed by atoms with Crippen molar-refractivity contribution in [3.63, 3.8) is 0 Å². The molecule has 2 aliphatic rings. The molecule has 3 aromatic rings. The van der Waals surface area contributed by atoms with E-state index < -0.39 is 0 Å². The third kappa shape index (κ3) is 5.31. The number of nitriles is 1. The normalized spacial score (nSPS) is 16.3. The van der Waals surface area contributed by atoms with Gasteiger partial charge in [-0.15, -0.1) is 5.53 Å². The number of halogens is 2. The van der Waals surface area contributed by atoms with Crippen LogP contribution in [0.25, 0.3) is 10.9 Å². The smallest absolute Gasteiger partial charge is 0.103 e. The number of nitrogens with one attached hydrogen (secondary N) is 4. The van der Waals surface area contributed by atoms with Gasteiger partial charge < -0.3 is 16.1 Å². The Bertz CT molecular complexity index is 1350. The van der Waals surface area contributed by atoms with Gasteiger partial charge in [-0.05, 0) is 48.1 Å². The highest BCUT2D eigenvalue weighted by Gasteiger charge is 2.32. The first kappa shape index (κ1) is 24.5. The van der Waals surface area contributed by atoms with E-state index >= 15 is 0 Å². The summed E-state index contributed by atoms with van der Waals surface area (Å²) in [4.78, 5) is 4.48. The summed E-state index contributed by atoms with van der Waals surface area (Å²) in [6, 6.07) is 14.3. The summed E-state index contributed by atoms with van der Waals surface area (Å²) in [5, 5.41) is 21.0. The number of anilines is 2. The van der Waals surface area contributed by atoms with Gasteiger partial charge in [0.05, 0.1) is 33.5 Å². The average molecular weight is 522 g/mol. The summed E-state index contributed by atoms with van der Waals surface area (Å²) in [5.41, 5.74) is 11.3. The zero-order valence-electron chi connectivity index (χ0n) is 20.5. The zero-order chi connectivity index (χ0) is 25.4. The van der Waals surface area contributed by atoms with Crippen LogP contribution in [0.2, 0.25) is 10.0 Å². The first-order valence-corrected chi connectivity index (χ1v) is 12.8. The summed E-state index contributed by atoms with van der Waals surface area (Å²) < 4.78 is 0. The lowest BCUT2D eigenvalue weighted by molar-refractivity contribution is 0.260. The molecule has 5 rings (SSSR count). The standard InChI is InChI=1S/C27H29Cl2N7/c1-27(2,3)15-32-24-17(12-30)13-31-26-21(24)10-19(11-22(26)29)33-25(16-4-6-18(28)7-5-16)23-14-36(35-34-23)20-8-9-20/h4-7,10-11,13-14,20,25,33-35H,8-9,15H2,1-3H3,(H,31,32). The molecule has 4 N–H and O–H groups in total. The van der Waals surface area contributed by atoms with Crippen molar-refractivity contribution < 1.29 is 0 Å². The second-order valence-electron chi connectivity index (χ2n) is 10.5. The van der Waals surface area contributed by atoms with Gasteiger partial charge in [-0.25, -0.2) is 0 Å². The lowest BCUT2D eigenvalue weighted by Crippen LogP contribution is -2.38. The molecule has 0 amide bonds. The van der Waals surface area contributed by atoms with Gasteiger partial charge >= 0.3 is 0 Å². The van der Waals surface area contributed by atoms with Gasteiger partial charge in [-0.1, -0.05) is 56.1 Å². The number of nitrogens with zero attached hydrogens (tertiary/aromatic N) is 3. The van der Waals surface area contributed by atoms with E-state index in [1.165, 1.54) is 12.8 Å². The van der Waals surface area contributed by atoms with Crippen LogP contribution < -0.4 is 21.6 Å². The minimum atomic E-state index is -0.190. The van der Waals surface area contributed by atoms with Crippen molar-refractivity contribution in [2.45, 2.75) is 45.7 Å². The molecule has 1 atom stereocenters. The Kier molecular flexibility index (Phi) is 6.60. The maximum Gasteiger partial charge on any atom is 0.103 e. The fraction of sp³-hybridized carbons (Fsp3) is 0.333. The van der Waals surface area contributed by atoms with Gasteiger partial charge in [0.2, 0.25) is 0 Å². The molecule has 1 fully saturated rings. The number of fused-ring (bicyclic) bond motifs is 1. The highest BCUT2D eigenvalue weighted by molar-refractivity contribution is 6.36. The number of hydrogen-bond acceptors (Lipinski definition) is 7. The fourth-order valence-corrected chi connectivity index (χ4v) is 4.57. The van der Waals surface area contributed by atoms with E-state index in [0.29, 0.717) is 33.7 Å². The minimum absolute atomic E-state index is 0.0305. The summed E-state index contributed by atoms with van der Waals surface area (Å²) in [5.74, 6) is 0. The highest BCUT2D eigenvalue weighted by Crippen LogP contribution is 2.37. The van der Waals surface area contributed by atoms with Crippen molar-refractivity contribution in [2.24, 2.45) is 5.41 Å². The Balaban J connectivity index is 1.55. The molecule has 2 aromatic carbocycles. The van der Waals surface area contributed by atoms with Gasteiger partial charge in [0.25, 0.3) is 0 Å². The summed E-state index contributed by atoms with van der Waals surface area (Å²) >= 11 is 12.9. The quantitative estimate of drug-likeness (QED) is 0.288. The lowest BCUT2D eigenvalue weighted by atomic mass is 9.96. The Morgan fingerprint density at radius 2 is 1.94 bits per heavy atom. The molecule has 36 heavy (non-hydrogen) atoms. The van der Waals surface area contributed by atoms with E-state index in [4.69, 9.17) is 23.2 Å². The molecule has 9 heteroatoms. The Morgan fingerprint density at radius 3 is 2.61 bits per heavy atom. The number of aromatic nitrogens is 1. The van der Waals surface area contributed by atoms with E-state index in [2.05, 4.69) is 64.6 Å². The van der Waals surface area contributed by atoms with Crippen molar-refractivity contribution in [3.8, 4) is 6.07 Å². The molecule has 7 nitrogen and oxygen atoms in total. The number of benzene rings is 2. The predicted octanol–water partition coefficient (Wildman–Crippen LogP) is 6.35. The number of hydrogen-bond donors (Lipinski definition) is 4. The SMILES string of the molecule is CC(C)(C)CNc1c(C#N)cnc2c(Cl)cc(NC(C3=CN(C4CC4)NN3)c3ccc(Cl)cc3)cc12. The van der Waals surface area contributed by atoms with Gasteiger partial charge in [0, 0.05) is 41.1 Å². The van der Waals surface area contributed by atoms with E-state index in [0.717, 1.165) is 28.0 Å². The molecule has 1 aliphatic carbocycles. The Morgan fingerprint density at radius 1 is 1.19 bits per heavy atom. The first-order chi connectivity index (χ1) is 17.2. The van der Waals surface area contributed by atoms with E-state index in [-0.39, 0.29) is 11.5 Å². The van der Waals surface area contributed by atoms with E-state index in [9.17, 15) is 5.26 Å². The molecule has 1 aromatic heterocycles. The van der Waals surface area contributed by atoms with E-state index in [1.54, 1.807) is 6.20 Å². The Labute approximate surface area is 221 Å². The molecule has 1 aliphatic heterocycles. The largest absolute Gasteiger partial charge is 0.383 e. The van der Waals surface area contributed by atoms with Crippen LogP contribution in [0.4, 0.5) is 11.4 Å². The number of hydrazine groups is 2. The van der Waals surface area contributed by atoms with Gasteiger partial charge in [0.15, 0.2) is 0 Å². The molecular weight excluding hydrogens is 493 g/mol. The minimum Gasteiger partial charge on any atom is -0.383 e. The van der Waals surface area contributed by atoms with Crippen molar-refractivity contribution in [3.05, 3.63) is 75.7 Å². The van der Waals surface area contributed by atoms with E-state index in [1.807, 2.05) is 36.4 Å². The van der Waals surface area contributed by atoms with Crippen molar-refractivity contribution in [1.29, 1.82) is 5.26 Å². The number of pyridine rings is 1. The van der Waals surface area contributed by atoms with Gasteiger partial charge in [0.1, 0.15) is 6.07 Å². The van der Waals surface area contributed by atoms with Crippen LogP contribution in [0.5, 0.6) is 0 Å². The van der Waals surface area contributed by atoms with Crippen molar-refractivity contribution in [1.82, 2.24) is 21.0 Å². The molecule has 1 unspecified atom stereocenters. The summed E-state index contributed by atoms with van der Waals surface area (Å²) in [7, 11) is 0. The molecule has 0 radical (unpaired) electrons. The van der Waals surface area contributed by atoms with Crippen LogP contribution in [0.3, 0.4) is 0 Å². The fourth-order valence-electron chi connectivity index (χ4n) is 4.17. The second kappa shape index (κ2) is 9.70. The van der Waals surface area contributed by atoms with Crippen molar-refractivity contribution >= 4 is 45.5 Å². The maximum atomic E-state index is 9.76. The maximum absolute atomic E-state index is 9.76. The van der Waals surface area contributed by atoms with Crippen LogP contribution in [0.15, 0.2) is 54.5 Å². The molecule has 0 bridgehead atoms. The average Bonchev–Trinajstić information content (AvgIpc) is 3.58. The molecule has 0 spiro atoms. The van der Waals surface area contributed by atoms with Crippen LogP contribution in [-0.2, 0) is 0 Å². The molecule has 1 saturated carbocycles. The van der Waals surface area contributed by atoms with Crippen molar-refractivity contribution in [2.75, 3.05) is 17.2 Å². The molecule has 186 valence electrons. The molecule has 2 heterocycles. The Hall–Kier alpha value is -3.18. The zero-order valence-corrected chi connectivity index (χ0v) is 22.0. The first-order valence-electron chi connectivity index (χ1n) is 12.0. The van der Waals surface area contributed by atoms with Crippen LogP contribution >= 0.6 is 23.2 Å². The lowest BCUT2D eigenvalue weighted by Gasteiger charge is -2.23. The van der Waals surface area contributed by atoms with Crippen LogP contribution in [-0.4, -0.2) is 22.6 Å². The summed E-state index contributed by atoms with van der Waals surface area (Å²) in [6.45, 7) is 7.14. The second-order valence-corrected chi connectivity index (χ2v) is 11.4. The third-order valence-electron chi connectivity index (χ3n) is 6.21. The van der Waals surface area contributed by atoms with Gasteiger partial charge in [-0.2, -0.15) is 5.26 Å². The molecular formula is C27H29Cl2N7. The topological polar surface area (TPSA) is 88.0 Å². The summed E-state index contributed by atoms with van der Waals surface area (Å²) in [6.07, 6.45) is 6.04. The predicted molar refractivity (Wildman–Crippen MR) is 146 cm³/mol. The highest BCUT2D eigenvalue weighted by atomic mass is 35.5. The number of rotatable bonds is 7. The van der Waals surface area contributed by atoms with Gasteiger partial charge in [-0.3, -0.25) is 9.99 Å². The van der Waals surface area contributed by atoms with Crippen LogP contribution in [0, 0.1) is 16.7 Å².